The molecule has 0 aliphatic carbocycles. The topological polar surface area (TPSA) is 45.2 Å². The lowest BCUT2D eigenvalue weighted by molar-refractivity contribution is -0.136. The number of benzene rings is 1. The van der Waals surface area contributed by atoms with Crippen molar-refractivity contribution in [2.75, 3.05) is 13.1 Å². The van der Waals surface area contributed by atoms with E-state index in [2.05, 4.69) is 46.4 Å². The van der Waals surface area contributed by atoms with Gasteiger partial charge in [-0.1, -0.05) is 51.5 Å². The smallest absolute Gasteiger partial charge is 0.225 e. The van der Waals surface area contributed by atoms with Crippen LogP contribution in [0.2, 0.25) is 0 Å². The van der Waals surface area contributed by atoms with Gasteiger partial charge in [-0.15, -0.1) is 0 Å². The van der Waals surface area contributed by atoms with Crippen molar-refractivity contribution in [3.8, 4) is 0 Å². The molecule has 25 heavy (non-hydrogen) atoms. The molecular formula is C21H29N3O. The number of amides is 1. The number of nitrogens with one attached hydrogen (secondary N) is 1. The Kier molecular flexibility index (Phi) is 5.69. The zero-order valence-electron chi connectivity index (χ0n) is 15.5. The molecular weight excluding hydrogens is 310 g/mol. The molecule has 2 atom stereocenters. The number of hydrogen-bond donors (Lipinski definition) is 1. The van der Waals surface area contributed by atoms with Crippen molar-refractivity contribution in [3.05, 3.63) is 42.1 Å². The number of likely N-dealkylation sites (tertiary alicyclic amines) is 1. The number of pyridine rings is 1. The standard InChI is InChI=1S/C21H29N3O/c1-4-16-14-24(21(25)15(2)3)12-10-19(16)23-13-18-8-5-7-17-9-6-11-22-20(17)18/h5-9,11,15-16,19,23H,4,10,12-14H2,1-3H3/t16-,19+/m0/s1. The Balaban J connectivity index is 1.66. The summed E-state index contributed by atoms with van der Waals surface area (Å²) in [6, 6.07) is 10.9. The number of para-hydroxylation sites is 1. The first-order chi connectivity index (χ1) is 12.1. The maximum Gasteiger partial charge on any atom is 0.225 e. The maximum absolute atomic E-state index is 12.3. The van der Waals surface area contributed by atoms with Gasteiger partial charge in [0.1, 0.15) is 0 Å². The van der Waals surface area contributed by atoms with Gasteiger partial charge in [-0.3, -0.25) is 9.78 Å². The molecule has 4 heteroatoms. The van der Waals surface area contributed by atoms with E-state index < -0.39 is 0 Å². The Hall–Kier alpha value is -1.94. The Labute approximate surface area is 150 Å². The molecule has 1 saturated heterocycles. The van der Waals surface area contributed by atoms with Gasteiger partial charge in [-0.05, 0) is 24.0 Å². The van der Waals surface area contributed by atoms with Crippen LogP contribution in [-0.2, 0) is 11.3 Å². The van der Waals surface area contributed by atoms with Crippen LogP contribution in [0, 0.1) is 11.8 Å². The number of carbonyl (C=O) groups is 1. The van der Waals surface area contributed by atoms with Crippen LogP contribution in [0.15, 0.2) is 36.5 Å². The molecule has 0 spiro atoms. The van der Waals surface area contributed by atoms with E-state index in [-0.39, 0.29) is 11.8 Å². The molecule has 0 bridgehead atoms. The minimum Gasteiger partial charge on any atom is -0.342 e. The molecule has 2 heterocycles. The predicted molar refractivity (Wildman–Crippen MR) is 102 cm³/mol. The Morgan fingerprint density at radius 2 is 2.12 bits per heavy atom. The molecule has 3 rings (SSSR count). The van der Waals surface area contributed by atoms with Gasteiger partial charge in [-0.25, -0.2) is 0 Å². The van der Waals surface area contributed by atoms with Crippen LogP contribution >= 0.6 is 0 Å². The fourth-order valence-corrected chi connectivity index (χ4v) is 3.83. The summed E-state index contributed by atoms with van der Waals surface area (Å²) in [6.45, 7) is 8.76. The van der Waals surface area contributed by atoms with E-state index in [9.17, 15) is 4.79 Å². The highest BCUT2D eigenvalue weighted by atomic mass is 16.2. The molecule has 1 aromatic heterocycles. The quantitative estimate of drug-likeness (QED) is 0.905. The van der Waals surface area contributed by atoms with Crippen molar-refractivity contribution in [2.24, 2.45) is 11.8 Å². The van der Waals surface area contributed by atoms with Crippen LogP contribution in [0.25, 0.3) is 10.9 Å². The average Bonchev–Trinajstić information content (AvgIpc) is 2.65. The third-order valence-electron chi connectivity index (χ3n) is 5.33. The minimum atomic E-state index is 0.0868. The Morgan fingerprint density at radius 3 is 2.88 bits per heavy atom. The number of fused-ring (bicyclic) bond motifs is 1. The largest absolute Gasteiger partial charge is 0.342 e. The first-order valence-electron chi connectivity index (χ1n) is 9.45. The lowest BCUT2D eigenvalue weighted by Gasteiger charge is -2.39. The zero-order chi connectivity index (χ0) is 17.8. The van der Waals surface area contributed by atoms with Crippen LogP contribution in [-0.4, -0.2) is 34.9 Å². The third-order valence-corrected chi connectivity index (χ3v) is 5.33. The monoisotopic (exact) mass is 339 g/mol. The fourth-order valence-electron chi connectivity index (χ4n) is 3.83. The molecule has 1 fully saturated rings. The number of carbonyl (C=O) groups excluding carboxylic acids is 1. The SMILES string of the molecule is CC[C@H]1CN(C(=O)C(C)C)CC[C@H]1NCc1cccc2cccnc12. The second-order valence-corrected chi connectivity index (χ2v) is 7.38. The predicted octanol–water partition coefficient (Wildman–Crippen LogP) is 3.61. The summed E-state index contributed by atoms with van der Waals surface area (Å²) >= 11 is 0. The van der Waals surface area contributed by atoms with E-state index in [1.807, 2.05) is 26.1 Å². The maximum atomic E-state index is 12.3. The third kappa shape index (κ3) is 4.01. The van der Waals surface area contributed by atoms with Crippen molar-refractivity contribution in [3.63, 3.8) is 0 Å². The van der Waals surface area contributed by atoms with Gasteiger partial charge in [-0.2, -0.15) is 0 Å². The van der Waals surface area contributed by atoms with Gasteiger partial charge in [0.25, 0.3) is 0 Å². The highest BCUT2D eigenvalue weighted by Gasteiger charge is 2.30. The molecule has 134 valence electrons. The Morgan fingerprint density at radius 1 is 1.32 bits per heavy atom. The van der Waals surface area contributed by atoms with Crippen LogP contribution in [0.3, 0.4) is 0 Å². The van der Waals surface area contributed by atoms with Gasteiger partial charge in [0.05, 0.1) is 5.52 Å². The molecule has 2 aromatic rings. The first kappa shape index (κ1) is 17.9. The van der Waals surface area contributed by atoms with Crippen LogP contribution in [0.4, 0.5) is 0 Å². The lowest BCUT2D eigenvalue weighted by Crippen LogP contribution is -2.51. The molecule has 0 radical (unpaired) electrons. The molecule has 1 aliphatic heterocycles. The van der Waals surface area contributed by atoms with Crippen molar-refractivity contribution >= 4 is 16.8 Å². The highest BCUT2D eigenvalue weighted by molar-refractivity contribution is 5.81. The van der Waals surface area contributed by atoms with E-state index in [0.717, 1.165) is 38.0 Å². The molecule has 1 amide bonds. The summed E-state index contributed by atoms with van der Waals surface area (Å²) < 4.78 is 0. The number of nitrogens with zero attached hydrogens (tertiary/aromatic N) is 2. The first-order valence-corrected chi connectivity index (χ1v) is 9.45. The average molecular weight is 339 g/mol. The van der Waals surface area contributed by atoms with Crippen molar-refractivity contribution in [2.45, 2.75) is 46.2 Å². The molecule has 0 saturated carbocycles. The fraction of sp³-hybridized carbons (Fsp3) is 0.524. The summed E-state index contributed by atoms with van der Waals surface area (Å²) in [6.07, 6.45) is 3.97. The van der Waals surface area contributed by atoms with Crippen molar-refractivity contribution in [1.82, 2.24) is 15.2 Å². The van der Waals surface area contributed by atoms with E-state index in [1.54, 1.807) is 0 Å². The Bertz CT molecular complexity index is 723. The van der Waals surface area contributed by atoms with E-state index in [1.165, 1.54) is 10.9 Å². The van der Waals surface area contributed by atoms with Crippen molar-refractivity contribution < 1.29 is 4.79 Å². The number of rotatable bonds is 5. The summed E-state index contributed by atoms with van der Waals surface area (Å²) in [4.78, 5) is 18.9. The van der Waals surface area contributed by atoms with Crippen molar-refractivity contribution in [1.29, 1.82) is 0 Å². The van der Waals surface area contributed by atoms with Gasteiger partial charge < -0.3 is 10.2 Å². The van der Waals surface area contributed by atoms with E-state index >= 15 is 0 Å². The molecule has 0 unspecified atom stereocenters. The van der Waals surface area contributed by atoms with Crippen LogP contribution < -0.4 is 5.32 Å². The van der Waals surface area contributed by atoms with Gasteiger partial charge in [0.15, 0.2) is 0 Å². The van der Waals surface area contributed by atoms with E-state index in [4.69, 9.17) is 0 Å². The summed E-state index contributed by atoms with van der Waals surface area (Å²) in [5.74, 6) is 0.887. The highest BCUT2D eigenvalue weighted by Crippen LogP contribution is 2.23. The lowest BCUT2D eigenvalue weighted by atomic mass is 9.89. The summed E-state index contributed by atoms with van der Waals surface area (Å²) in [7, 11) is 0. The molecule has 1 aliphatic rings. The van der Waals surface area contributed by atoms with Crippen LogP contribution in [0.1, 0.15) is 39.2 Å². The van der Waals surface area contributed by atoms with Gasteiger partial charge in [0.2, 0.25) is 5.91 Å². The van der Waals surface area contributed by atoms with Gasteiger partial charge >= 0.3 is 0 Å². The summed E-state index contributed by atoms with van der Waals surface area (Å²) in [5, 5.41) is 4.93. The van der Waals surface area contributed by atoms with Gasteiger partial charge in [0, 0.05) is 43.2 Å². The molecule has 4 nitrogen and oxygen atoms in total. The normalized spacial score (nSPS) is 21.0. The number of aromatic nitrogens is 1. The number of hydrogen-bond acceptors (Lipinski definition) is 3. The molecule has 1 N–H and O–H groups in total. The zero-order valence-corrected chi connectivity index (χ0v) is 15.5. The second-order valence-electron chi connectivity index (χ2n) is 7.38. The molecule has 1 aromatic carbocycles. The summed E-state index contributed by atoms with van der Waals surface area (Å²) in [5.41, 5.74) is 2.33. The van der Waals surface area contributed by atoms with E-state index in [0.29, 0.717) is 12.0 Å². The second kappa shape index (κ2) is 7.96. The number of piperidine rings is 1. The minimum absolute atomic E-state index is 0.0868. The van der Waals surface area contributed by atoms with Crippen LogP contribution in [0.5, 0.6) is 0 Å².